The van der Waals surface area contributed by atoms with E-state index in [1.807, 2.05) is 0 Å². The predicted octanol–water partition coefficient (Wildman–Crippen LogP) is -6.26. The number of hydrogen-bond acceptors (Lipinski definition) is 9. The van der Waals surface area contributed by atoms with Gasteiger partial charge in [-0.05, 0) is 6.42 Å². The second-order valence-electron chi connectivity index (χ2n) is 4.18. The summed E-state index contributed by atoms with van der Waals surface area (Å²) >= 11 is 0. The van der Waals surface area contributed by atoms with Crippen LogP contribution in [0.3, 0.4) is 0 Å². The van der Waals surface area contributed by atoms with E-state index >= 15 is 0 Å². The fourth-order valence-electron chi connectivity index (χ4n) is 1.64. The molecule has 0 radical (unpaired) electrons. The maximum absolute atomic E-state index is 10.3. The van der Waals surface area contributed by atoms with E-state index in [0.29, 0.717) is 0 Å². The van der Waals surface area contributed by atoms with E-state index < -0.39 is 53.2 Å². The second-order valence-corrected chi connectivity index (χ2v) is 5.71. The van der Waals surface area contributed by atoms with Gasteiger partial charge in [0, 0.05) is 5.75 Å². The summed E-state index contributed by atoms with van der Waals surface area (Å²) in [5.74, 6) is -0.621. The van der Waals surface area contributed by atoms with Crippen LogP contribution in [0.15, 0.2) is 0 Å². The van der Waals surface area contributed by atoms with Gasteiger partial charge >= 0.3 is 29.6 Å². The fourth-order valence-corrected chi connectivity index (χ4v) is 2.11. The molecule has 1 rings (SSSR count). The van der Waals surface area contributed by atoms with Crippen LogP contribution < -0.4 is 29.6 Å². The summed E-state index contributed by atoms with van der Waals surface area (Å²) < 4.78 is 41.0. The topological polar surface area (TPSA) is 157 Å². The molecule has 0 amide bonds. The molecule has 1 fully saturated rings. The molecule has 1 heterocycles. The van der Waals surface area contributed by atoms with Gasteiger partial charge in [-0.2, -0.15) is 0 Å². The Morgan fingerprint density at radius 2 is 1.75 bits per heavy atom. The number of ether oxygens (including phenoxy) is 2. The summed E-state index contributed by atoms with van der Waals surface area (Å²) in [6.07, 6.45) is -7.08. The summed E-state index contributed by atoms with van der Waals surface area (Å²) in [5, 5.41) is 37.4. The Balaban J connectivity index is 0.00000361. The van der Waals surface area contributed by atoms with E-state index in [1.54, 1.807) is 0 Å². The Hall–Kier alpha value is 0.670. The van der Waals surface area contributed by atoms with E-state index in [2.05, 4.69) is 0 Å². The van der Waals surface area contributed by atoms with Gasteiger partial charge in [-0.3, -0.25) is 0 Å². The first-order chi connectivity index (χ1) is 8.76. The van der Waals surface area contributed by atoms with Crippen LogP contribution in [0.5, 0.6) is 0 Å². The van der Waals surface area contributed by atoms with E-state index in [1.165, 1.54) is 0 Å². The van der Waals surface area contributed by atoms with Crippen molar-refractivity contribution in [1.82, 2.24) is 0 Å². The molecule has 4 N–H and O–H groups in total. The molecule has 5 atom stereocenters. The SMILES string of the molecule is O=S(=O)([O-])CCCO[C@@H]1O[C@H](CO)[C@@H](O)[C@H](O)[C@H]1O.[Na+]. The van der Waals surface area contributed by atoms with E-state index in [4.69, 9.17) is 14.6 Å². The Bertz CT molecular complexity index is 374. The van der Waals surface area contributed by atoms with Crippen molar-refractivity contribution in [3.8, 4) is 0 Å². The van der Waals surface area contributed by atoms with Crippen LogP contribution in [-0.2, 0) is 19.6 Å². The maximum atomic E-state index is 10.3. The van der Waals surface area contributed by atoms with Crippen molar-refractivity contribution in [1.29, 1.82) is 0 Å². The number of aliphatic hydroxyl groups is 4. The van der Waals surface area contributed by atoms with Crippen molar-refractivity contribution >= 4 is 10.1 Å². The summed E-state index contributed by atoms with van der Waals surface area (Å²) in [7, 11) is -4.34. The van der Waals surface area contributed by atoms with Gasteiger partial charge in [-0.15, -0.1) is 0 Å². The van der Waals surface area contributed by atoms with E-state index in [9.17, 15) is 28.3 Å². The average Bonchev–Trinajstić information content (AvgIpc) is 2.33. The van der Waals surface area contributed by atoms with Crippen molar-refractivity contribution < 1.29 is 72.4 Å². The number of aliphatic hydroxyl groups excluding tert-OH is 4. The van der Waals surface area contributed by atoms with Crippen LogP contribution in [0.25, 0.3) is 0 Å². The van der Waals surface area contributed by atoms with Crippen LogP contribution in [0.2, 0.25) is 0 Å². The molecule has 20 heavy (non-hydrogen) atoms. The smallest absolute Gasteiger partial charge is 0.748 e. The molecule has 114 valence electrons. The molecule has 0 aromatic rings. The Kier molecular flexibility index (Phi) is 9.26. The minimum absolute atomic E-state index is 0. The first-order valence-corrected chi connectivity index (χ1v) is 7.19. The van der Waals surface area contributed by atoms with Crippen molar-refractivity contribution in [2.75, 3.05) is 19.0 Å². The van der Waals surface area contributed by atoms with Crippen molar-refractivity contribution in [2.24, 2.45) is 0 Å². The van der Waals surface area contributed by atoms with Gasteiger partial charge in [0.1, 0.15) is 24.4 Å². The molecule has 0 saturated carbocycles. The Labute approximate surface area is 138 Å². The van der Waals surface area contributed by atoms with Crippen LogP contribution in [-0.4, -0.2) is 83.1 Å². The summed E-state index contributed by atoms with van der Waals surface area (Å²) in [6.45, 7) is -0.774. The van der Waals surface area contributed by atoms with Gasteiger partial charge in [0.05, 0.1) is 23.3 Å². The van der Waals surface area contributed by atoms with E-state index in [0.717, 1.165) is 0 Å². The Morgan fingerprint density at radius 3 is 2.25 bits per heavy atom. The van der Waals surface area contributed by atoms with Gasteiger partial charge < -0.3 is 34.5 Å². The van der Waals surface area contributed by atoms with Gasteiger partial charge in [-0.1, -0.05) is 0 Å². The minimum Gasteiger partial charge on any atom is -0.748 e. The minimum atomic E-state index is -4.34. The van der Waals surface area contributed by atoms with Gasteiger partial charge in [0.15, 0.2) is 6.29 Å². The van der Waals surface area contributed by atoms with Gasteiger partial charge in [0.25, 0.3) is 0 Å². The monoisotopic (exact) mass is 324 g/mol. The first-order valence-electron chi connectivity index (χ1n) is 5.62. The number of hydrogen-bond donors (Lipinski definition) is 4. The molecule has 9 nitrogen and oxygen atoms in total. The van der Waals surface area contributed by atoms with Crippen LogP contribution in [0.1, 0.15) is 6.42 Å². The quantitative estimate of drug-likeness (QED) is 0.212. The third-order valence-electron chi connectivity index (χ3n) is 2.67. The molecule has 11 heteroatoms. The summed E-state index contributed by atoms with van der Waals surface area (Å²) in [4.78, 5) is 0. The molecule has 0 spiro atoms. The normalized spacial score (nSPS) is 34.5. The fraction of sp³-hybridized carbons (Fsp3) is 1.00. The third-order valence-corrected chi connectivity index (χ3v) is 3.46. The Morgan fingerprint density at radius 1 is 1.15 bits per heavy atom. The molecule has 1 saturated heterocycles. The van der Waals surface area contributed by atoms with Gasteiger partial charge in [-0.25, -0.2) is 8.42 Å². The van der Waals surface area contributed by atoms with Crippen molar-refractivity contribution in [3.05, 3.63) is 0 Å². The molecule has 0 bridgehead atoms. The summed E-state index contributed by atoms with van der Waals surface area (Å²) in [6, 6.07) is 0. The molecule has 0 aromatic carbocycles. The van der Waals surface area contributed by atoms with Crippen LogP contribution in [0, 0.1) is 0 Å². The predicted molar refractivity (Wildman–Crippen MR) is 58.9 cm³/mol. The standard InChI is InChI=1S/C9H18O9S.Na/c10-4-5-6(11)7(12)8(13)9(18-5)17-2-1-3-19(14,15)16;/h5-13H,1-4H2,(H,14,15,16);/q;+1/p-1/t5-,6-,7+,8-,9-;/m1./s1. The first kappa shape index (κ1) is 20.7. The summed E-state index contributed by atoms with van der Waals surface area (Å²) in [5.41, 5.74) is 0. The largest absolute Gasteiger partial charge is 1.00 e. The zero-order valence-electron chi connectivity index (χ0n) is 11.0. The third kappa shape index (κ3) is 6.20. The molecule has 0 unspecified atom stereocenters. The van der Waals surface area contributed by atoms with E-state index in [-0.39, 0.29) is 42.6 Å². The molecule has 1 aliphatic rings. The zero-order chi connectivity index (χ0) is 14.6. The van der Waals surface area contributed by atoms with Gasteiger partial charge in [0.2, 0.25) is 0 Å². The number of rotatable bonds is 6. The van der Waals surface area contributed by atoms with Crippen LogP contribution in [0.4, 0.5) is 0 Å². The second kappa shape index (κ2) is 8.96. The maximum Gasteiger partial charge on any atom is 1.00 e. The molecule has 0 aromatic heterocycles. The molecular formula is C9H17NaO9S. The zero-order valence-corrected chi connectivity index (χ0v) is 13.8. The molecule has 0 aliphatic carbocycles. The van der Waals surface area contributed by atoms with Crippen LogP contribution >= 0.6 is 0 Å². The molecule has 1 aliphatic heterocycles. The van der Waals surface area contributed by atoms with Crippen molar-refractivity contribution in [3.63, 3.8) is 0 Å². The average molecular weight is 324 g/mol. The molecular weight excluding hydrogens is 307 g/mol. The van der Waals surface area contributed by atoms with Crippen molar-refractivity contribution in [2.45, 2.75) is 37.1 Å².